The fourth-order valence-corrected chi connectivity index (χ4v) is 3.66. The van der Waals surface area contributed by atoms with Crippen LogP contribution in [-0.2, 0) is 30.5 Å². The number of unbranched alkanes of at least 4 members (excludes halogenated alkanes) is 1. The van der Waals surface area contributed by atoms with Crippen molar-refractivity contribution in [3.63, 3.8) is 0 Å². The third-order valence-corrected chi connectivity index (χ3v) is 5.75. The van der Waals surface area contributed by atoms with Gasteiger partial charge in [-0.2, -0.15) is 4.99 Å². The molecule has 2 rings (SSSR count). The summed E-state index contributed by atoms with van der Waals surface area (Å²) in [7, 11) is -3.78. The number of benzene rings is 2. The number of esters is 1. The third kappa shape index (κ3) is 8.67. The summed E-state index contributed by atoms with van der Waals surface area (Å²) in [4.78, 5) is 38.7. The molecule has 0 radical (unpaired) electrons. The summed E-state index contributed by atoms with van der Waals surface area (Å²) in [6.45, 7) is 2.07. The Morgan fingerprint density at radius 3 is 2.31 bits per heavy atom. The Balaban J connectivity index is 2.09. The van der Waals surface area contributed by atoms with Gasteiger partial charge in [0, 0.05) is 11.8 Å². The molecule has 0 saturated heterocycles. The van der Waals surface area contributed by atoms with Gasteiger partial charge in [-0.15, -0.1) is 0 Å². The maximum absolute atomic E-state index is 12.3. The van der Waals surface area contributed by atoms with Gasteiger partial charge in [0.15, 0.2) is 15.8 Å². The van der Waals surface area contributed by atoms with Gasteiger partial charge >= 0.3 is 12.1 Å². The number of nitrogens with zero attached hydrogens (tertiary/aromatic N) is 1. The van der Waals surface area contributed by atoms with Gasteiger partial charge in [-0.3, -0.25) is 4.79 Å². The molecule has 6 N–H and O–H groups in total. The van der Waals surface area contributed by atoms with E-state index < -0.39 is 39.9 Å². The Bertz CT molecular complexity index is 1240. The van der Waals surface area contributed by atoms with Crippen molar-refractivity contribution in [3.8, 4) is 11.5 Å². The summed E-state index contributed by atoms with van der Waals surface area (Å²) < 4.78 is 39.6. The molecule has 2 aromatic rings. The van der Waals surface area contributed by atoms with Crippen molar-refractivity contribution >= 4 is 33.8 Å². The molecule has 0 saturated carbocycles. The van der Waals surface area contributed by atoms with Gasteiger partial charge in [0.05, 0.1) is 6.61 Å². The maximum atomic E-state index is 12.3. The minimum absolute atomic E-state index is 0.0200. The molecule has 0 aliphatic rings. The van der Waals surface area contributed by atoms with Crippen LogP contribution in [-0.4, -0.2) is 51.3 Å². The fraction of sp³-hybridized carbons (Fsp3) is 0.304. The molecule has 1 atom stereocenters. The van der Waals surface area contributed by atoms with Crippen molar-refractivity contribution < 1.29 is 37.0 Å². The highest BCUT2D eigenvalue weighted by Crippen LogP contribution is 2.30. The van der Waals surface area contributed by atoms with Crippen LogP contribution in [0.3, 0.4) is 0 Å². The van der Waals surface area contributed by atoms with Crippen molar-refractivity contribution in [2.75, 3.05) is 12.9 Å². The SMILES string of the molecule is CCCCOC(=O)OC(=O)[C@@H](N)Cc1ccc(Oc2ccc(C(=O)N=C(N)N)cc2S(C)(=O)=O)cc1. The Labute approximate surface area is 208 Å². The minimum atomic E-state index is -3.78. The van der Waals surface area contributed by atoms with Gasteiger partial charge in [-0.1, -0.05) is 25.5 Å². The highest BCUT2D eigenvalue weighted by Gasteiger charge is 2.21. The fourth-order valence-electron chi connectivity index (χ4n) is 2.84. The second kappa shape index (κ2) is 12.7. The molecule has 0 unspecified atom stereocenters. The topological polar surface area (TPSA) is 203 Å². The van der Waals surface area contributed by atoms with E-state index in [1.165, 1.54) is 24.3 Å². The van der Waals surface area contributed by atoms with Crippen LogP contribution < -0.4 is 21.9 Å². The Morgan fingerprint density at radius 2 is 1.72 bits per heavy atom. The second-order valence-electron chi connectivity index (χ2n) is 7.71. The van der Waals surface area contributed by atoms with E-state index in [1.54, 1.807) is 12.1 Å². The predicted octanol–water partition coefficient (Wildman–Crippen LogP) is 1.65. The number of rotatable bonds is 10. The number of carbonyl (C=O) groups is 3. The number of carbonyl (C=O) groups excluding carboxylic acids is 3. The summed E-state index contributed by atoms with van der Waals surface area (Å²) in [6.07, 6.45) is 1.40. The standard InChI is InChI=1S/C23H28N4O8S/c1-3-4-11-33-23(30)35-21(29)17(24)12-14-5-8-16(9-6-14)34-18-10-7-15(20(28)27-22(25)26)13-19(18)36(2,31)32/h5-10,13,17H,3-4,11-12,24H2,1-2H3,(H4,25,26,27,28)/t17-/m0/s1. The zero-order valence-corrected chi connectivity index (χ0v) is 20.6. The van der Waals surface area contributed by atoms with E-state index in [2.05, 4.69) is 9.73 Å². The molecule has 0 aliphatic carbocycles. The van der Waals surface area contributed by atoms with Crippen LogP contribution in [0.1, 0.15) is 35.7 Å². The number of ether oxygens (including phenoxy) is 3. The first kappa shape index (κ1) is 28.3. The van der Waals surface area contributed by atoms with E-state index in [9.17, 15) is 22.8 Å². The quantitative estimate of drug-likeness (QED) is 0.135. The largest absolute Gasteiger partial charge is 0.516 e. The van der Waals surface area contributed by atoms with E-state index in [4.69, 9.17) is 26.7 Å². The molecule has 13 heteroatoms. The van der Waals surface area contributed by atoms with Gasteiger partial charge in [-0.25, -0.2) is 18.0 Å². The number of hydrogen-bond acceptors (Lipinski definition) is 9. The number of nitrogens with two attached hydrogens (primary N) is 3. The monoisotopic (exact) mass is 520 g/mol. The molecule has 194 valence electrons. The summed E-state index contributed by atoms with van der Waals surface area (Å²) in [5, 5.41) is 0. The lowest BCUT2D eigenvalue weighted by atomic mass is 10.1. The van der Waals surface area contributed by atoms with E-state index in [0.29, 0.717) is 12.0 Å². The molecular formula is C23H28N4O8S. The average molecular weight is 521 g/mol. The van der Waals surface area contributed by atoms with Crippen molar-refractivity contribution in [1.82, 2.24) is 0 Å². The van der Waals surface area contributed by atoms with E-state index in [1.807, 2.05) is 6.92 Å². The van der Waals surface area contributed by atoms with Gasteiger partial charge in [0.1, 0.15) is 22.4 Å². The zero-order valence-electron chi connectivity index (χ0n) is 19.8. The lowest BCUT2D eigenvalue weighted by Crippen LogP contribution is -2.35. The minimum Gasteiger partial charge on any atom is -0.456 e. The molecule has 0 aliphatic heterocycles. The molecule has 12 nitrogen and oxygen atoms in total. The summed E-state index contributed by atoms with van der Waals surface area (Å²) in [6, 6.07) is 8.94. The van der Waals surface area contributed by atoms with Crippen molar-refractivity contribution in [1.29, 1.82) is 0 Å². The molecule has 0 bridgehead atoms. The van der Waals surface area contributed by atoms with Gasteiger partial charge in [0.2, 0.25) is 0 Å². The smallest absolute Gasteiger partial charge is 0.456 e. The van der Waals surface area contributed by atoms with E-state index >= 15 is 0 Å². The molecule has 0 heterocycles. The van der Waals surface area contributed by atoms with Gasteiger partial charge in [-0.05, 0) is 48.7 Å². The number of hydrogen-bond donors (Lipinski definition) is 3. The van der Waals surface area contributed by atoms with Crippen LogP contribution in [0.25, 0.3) is 0 Å². The molecular weight excluding hydrogens is 492 g/mol. The van der Waals surface area contributed by atoms with Crippen LogP contribution in [0.4, 0.5) is 4.79 Å². The lowest BCUT2D eigenvalue weighted by Gasteiger charge is -2.13. The molecule has 0 fully saturated rings. The Morgan fingerprint density at radius 1 is 1.06 bits per heavy atom. The van der Waals surface area contributed by atoms with Gasteiger partial charge < -0.3 is 31.4 Å². The maximum Gasteiger partial charge on any atom is 0.516 e. The highest BCUT2D eigenvalue weighted by atomic mass is 32.2. The average Bonchev–Trinajstić information content (AvgIpc) is 2.79. The van der Waals surface area contributed by atoms with Crippen LogP contribution >= 0.6 is 0 Å². The van der Waals surface area contributed by atoms with E-state index in [0.717, 1.165) is 18.7 Å². The van der Waals surface area contributed by atoms with E-state index in [-0.39, 0.29) is 35.0 Å². The zero-order chi connectivity index (χ0) is 26.9. The Kier molecular flexibility index (Phi) is 9.93. The number of guanidine groups is 1. The van der Waals surface area contributed by atoms with Crippen molar-refractivity contribution in [3.05, 3.63) is 53.6 Å². The van der Waals surface area contributed by atoms with Crippen LogP contribution in [0.2, 0.25) is 0 Å². The molecule has 1 amide bonds. The first-order valence-electron chi connectivity index (χ1n) is 10.8. The lowest BCUT2D eigenvalue weighted by molar-refractivity contribution is -0.141. The second-order valence-corrected chi connectivity index (χ2v) is 9.69. The molecule has 36 heavy (non-hydrogen) atoms. The molecule has 0 spiro atoms. The number of aliphatic imine (C=N–C) groups is 1. The van der Waals surface area contributed by atoms with Crippen molar-refractivity contribution in [2.24, 2.45) is 22.2 Å². The summed E-state index contributed by atoms with van der Waals surface area (Å²) in [5.41, 5.74) is 16.8. The molecule has 2 aromatic carbocycles. The highest BCUT2D eigenvalue weighted by molar-refractivity contribution is 7.90. The number of sulfone groups is 1. The normalized spacial score (nSPS) is 11.8. The summed E-state index contributed by atoms with van der Waals surface area (Å²) >= 11 is 0. The first-order chi connectivity index (χ1) is 16.9. The van der Waals surface area contributed by atoms with Gasteiger partial charge in [0.25, 0.3) is 5.91 Å². The third-order valence-electron chi connectivity index (χ3n) is 4.63. The Hall–Kier alpha value is -3.97. The van der Waals surface area contributed by atoms with Crippen molar-refractivity contribution in [2.45, 2.75) is 37.1 Å². The summed E-state index contributed by atoms with van der Waals surface area (Å²) in [5.74, 6) is -1.93. The van der Waals surface area contributed by atoms with Crippen LogP contribution in [0.15, 0.2) is 52.4 Å². The number of amides is 1. The first-order valence-corrected chi connectivity index (χ1v) is 12.7. The van der Waals surface area contributed by atoms with Crippen LogP contribution in [0, 0.1) is 0 Å². The predicted molar refractivity (Wildman–Crippen MR) is 130 cm³/mol. The van der Waals surface area contributed by atoms with Crippen LogP contribution in [0.5, 0.6) is 11.5 Å². The molecule has 0 aromatic heterocycles.